The van der Waals surface area contributed by atoms with Gasteiger partial charge in [-0.3, -0.25) is 4.21 Å². The summed E-state index contributed by atoms with van der Waals surface area (Å²) in [6.07, 6.45) is 0. The van der Waals surface area contributed by atoms with Crippen LogP contribution in [0.5, 0.6) is 0 Å². The molecule has 5 heteroatoms. The van der Waals surface area contributed by atoms with E-state index in [0.717, 1.165) is 0 Å². The van der Waals surface area contributed by atoms with Crippen molar-refractivity contribution in [2.24, 2.45) is 0 Å². The number of aliphatic hydroxyl groups excluding tert-OH is 1. The van der Waals surface area contributed by atoms with Crippen LogP contribution in [0.3, 0.4) is 0 Å². The first-order valence-electron chi connectivity index (χ1n) is 4.04. The van der Waals surface area contributed by atoms with Crippen molar-refractivity contribution in [1.82, 2.24) is 0 Å². The summed E-state index contributed by atoms with van der Waals surface area (Å²) in [7, 11) is -1.11. The molecule has 78 valence electrons. The third-order valence-corrected chi connectivity index (χ3v) is 3.64. The predicted molar refractivity (Wildman–Crippen MR) is 60.3 cm³/mol. The number of hydrogen-bond acceptors (Lipinski definition) is 2. The minimum absolute atomic E-state index is 0.0886. The largest absolute Gasteiger partial charge is 0.395 e. The summed E-state index contributed by atoms with van der Waals surface area (Å²) in [5.74, 6) is 0.542. The van der Waals surface area contributed by atoms with Crippen molar-refractivity contribution >= 4 is 34.0 Å². The molecule has 1 aromatic carbocycles. The van der Waals surface area contributed by atoms with Gasteiger partial charge in [0.1, 0.15) is 0 Å². The van der Waals surface area contributed by atoms with Crippen LogP contribution in [0.4, 0.5) is 0 Å². The van der Waals surface area contributed by atoms with Crippen LogP contribution in [0.25, 0.3) is 0 Å². The Morgan fingerprint density at radius 3 is 2.36 bits per heavy atom. The van der Waals surface area contributed by atoms with E-state index in [-0.39, 0.29) is 12.4 Å². The Morgan fingerprint density at radius 2 is 1.86 bits per heavy atom. The van der Waals surface area contributed by atoms with Crippen LogP contribution in [-0.2, 0) is 16.6 Å². The molecule has 1 N–H and O–H groups in total. The molecule has 0 radical (unpaired) electrons. The normalized spacial score (nSPS) is 12.8. The van der Waals surface area contributed by atoms with Crippen LogP contribution >= 0.6 is 23.2 Å². The fourth-order valence-electron chi connectivity index (χ4n) is 1.01. The van der Waals surface area contributed by atoms with Gasteiger partial charge in [-0.15, -0.1) is 0 Å². The molecule has 2 nitrogen and oxygen atoms in total. The monoisotopic (exact) mass is 252 g/mol. The Labute approximate surface area is 95.3 Å². The maximum Gasteiger partial charge on any atom is 0.0546 e. The molecule has 0 amide bonds. The first kappa shape index (κ1) is 12.0. The third kappa shape index (κ3) is 3.24. The number of benzene rings is 1. The fraction of sp³-hybridized carbons (Fsp3) is 0.333. The highest BCUT2D eigenvalue weighted by molar-refractivity contribution is 7.84. The Kier molecular flexibility index (Phi) is 4.89. The van der Waals surface area contributed by atoms with Gasteiger partial charge in [0.05, 0.1) is 12.4 Å². The molecule has 14 heavy (non-hydrogen) atoms. The SMILES string of the molecule is O=S(CCO)Cc1c(Cl)cccc1Cl. The van der Waals surface area contributed by atoms with Crippen molar-refractivity contribution in [2.75, 3.05) is 12.4 Å². The van der Waals surface area contributed by atoms with E-state index in [4.69, 9.17) is 28.3 Å². The van der Waals surface area contributed by atoms with E-state index in [9.17, 15) is 4.21 Å². The molecular weight excluding hydrogens is 243 g/mol. The van der Waals surface area contributed by atoms with E-state index < -0.39 is 10.8 Å². The molecule has 0 fully saturated rings. The molecule has 0 aromatic heterocycles. The number of halogens is 2. The lowest BCUT2D eigenvalue weighted by atomic mass is 10.2. The summed E-state index contributed by atoms with van der Waals surface area (Å²) in [6.45, 7) is -0.0886. The number of aliphatic hydroxyl groups is 1. The highest BCUT2D eigenvalue weighted by Gasteiger charge is 2.08. The lowest BCUT2D eigenvalue weighted by molar-refractivity contribution is 0.321. The van der Waals surface area contributed by atoms with Gasteiger partial charge in [-0.05, 0) is 12.1 Å². The smallest absolute Gasteiger partial charge is 0.0546 e. The van der Waals surface area contributed by atoms with Gasteiger partial charge in [0.2, 0.25) is 0 Å². The second-order valence-electron chi connectivity index (χ2n) is 2.71. The Hall–Kier alpha value is -0.0900. The number of hydrogen-bond donors (Lipinski definition) is 1. The minimum Gasteiger partial charge on any atom is -0.395 e. The zero-order chi connectivity index (χ0) is 10.6. The molecule has 0 aliphatic rings. The van der Waals surface area contributed by atoms with Crippen LogP contribution in [0.15, 0.2) is 18.2 Å². The summed E-state index contributed by atoms with van der Waals surface area (Å²) in [5.41, 5.74) is 0.683. The zero-order valence-corrected chi connectivity index (χ0v) is 9.70. The molecule has 0 aliphatic carbocycles. The molecule has 0 aliphatic heterocycles. The maximum atomic E-state index is 11.4. The molecule has 0 bridgehead atoms. The highest BCUT2D eigenvalue weighted by Crippen LogP contribution is 2.25. The van der Waals surface area contributed by atoms with Gasteiger partial charge in [-0.1, -0.05) is 29.3 Å². The van der Waals surface area contributed by atoms with Gasteiger partial charge in [0, 0.05) is 32.2 Å². The summed E-state index contributed by atoms with van der Waals surface area (Å²) >= 11 is 11.8. The first-order chi connectivity index (χ1) is 6.65. The molecule has 0 saturated heterocycles. The number of rotatable bonds is 4. The average Bonchev–Trinajstić information content (AvgIpc) is 2.12. The van der Waals surface area contributed by atoms with Crippen molar-refractivity contribution < 1.29 is 9.32 Å². The highest BCUT2D eigenvalue weighted by atomic mass is 35.5. The molecule has 1 atom stereocenters. The van der Waals surface area contributed by atoms with Gasteiger partial charge in [-0.2, -0.15) is 0 Å². The fourth-order valence-corrected chi connectivity index (χ4v) is 2.68. The van der Waals surface area contributed by atoms with Gasteiger partial charge < -0.3 is 5.11 Å². The van der Waals surface area contributed by atoms with Gasteiger partial charge in [-0.25, -0.2) is 0 Å². The topological polar surface area (TPSA) is 37.3 Å². The van der Waals surface area contributed by atoms with E-state index in [2.05, 4.69) is 0 Å². The summed E-state index contributed by atoms with van der Waals surface area (Å²) in [5, 5.41) is 9.63. The Balaban J connectivity index is 2.80. The summed E-state index contributed by atoms with van der Waals surface area (Å²) in [6, 6.07) is 5.15. The molecule has 0 saturated carbocycles. The van der Waals surface area contributed by atoms with E-state index in [1.165, 1.54) is 0 Å². The van der Waals surface area contributed by atoms with Crippen molar-refractivity contribution in [3.63, 3.8) is 0 Å². The molecule has 1 rings (SSSR count). The molecule has 1 aromatic rings. The van der Waals surface area contributed by atoms with Crippen molar-refractivity contribution in [2.45, 2.75) is 5.75 Å². The van der Waals surface area contributed by atoms with Crippen molar-refractivity contribution in [3.8, 4) is 0 Å². The molecule has 0 spiro atoms. The van der Waals surface area contributed by atoms with E-state index in [1.807, 2.05) is 0 Å². The second kappa shape index (κ2) is 5.71. The summed E-state index contributed by atoms with van der Waals surface area (Å²) in [4.78, 5) is 0. The van der Waals surface area contributed by atoms with E-state index >= 15 is 0 Å². The predicted octanol–water partition coefficient (Wildman–Crippen LogP) is 2.23. The van der Waals surface area contributed by atoms with Gasteiger partial charge >= 0.3 is 0 Å². The van der Waals surface area contributed by atoms with Crippen LogP contribution in [-0.4, -0.2) is 21.7 Å². The zero-order valence-electron chi connectivity index (χ0n) is 7.37. The van der Waals surface area contributed by atoms with Crippen LogP contribution in [0.1, 0.15) is 5.56 Å². The second-order valence-corrected chi connectivity index (χ2v) is 5.10. The quantitative estimate of drug-likeness (QED) is 0.893. The van der Waals surface area contributed by atoms with Gasteiger partial charge in [0.15, 0.2) is 0 Å². The van der Waals surface area contributed by atoms with E-state index in [1.54, 1.807) is 18.2 Å². The van der Waals surface area contributed by atoms with Gasteiger partial charge in [0.25, 0.3) is 0 Å². The lowest BCUT2D eigenvalue weighted by Crippen LogP contribution is -2.05. The van der Waals surface area contributed by atoms with E-state index in [0.29, 0.717) is 21.4 Å². The first-order valence-corrected chi connectivity index (χ1v) is 6.28. The molecule has 1 unspecified atom stereocenters. The van der Waals surface area contributed by atoms with Crippen LogP contribution in [0, 0.1) is 0 Å². The Morgan fingerprint density at radius 1 is 1.29 bits per heavy atom. The van der Waals surface area contributed by atoms with Crippen molar-refractivity contribution in [1.29, 1.82) is 0 Å². The van der Waals surface area contributed by atoms with Crippen LogP contribution < -0.4 is 0 Å². The average molecular weight is 253 g/mol. The molecular formula is C9H10Cl2O2S. The third-order valence-electron chi connectivity index (χ3n) is 1.69. The standard InChI is InChI=1S/C9H10Cl2O2S/c10-8-2-1-3-9(11)7(8)6-14(13)5-4-12/h1-3,12H,4-6H2. The summed E-state index contributed by atoms with van der Waals surface area (Å²) < 4.78 is 11.4. The maximum absolute atomic E-state index is 11.4. The van der Waals surface area contributed by atoms with Crippen molar-refractivity contribution in [3.05, 3.63) is 33.8 Å². The lowest BCUT2D eigenvalue weighted by Gasteiger charge is -2.05. The van der Waals surface area contributed by atoms with Crippen LogP contribution in [0.2, 0.25) is 10.0 Å². The molecule has 0 heterocycles. The Bertz CT molecular complexity index is 321. The minimum atomic E-state index is -1.11.